The number of carbonyl (C=O) groups is 1. The van der Waals surface area contributed by atoms with Gasteiger partial charge in [-0.3, -0.25) is 9.69 Å². The molecule has 1 atom stereocenters. The molecule has 2 aliphatic rings. The van der Waals surface area contributed by atoms with Crippen molar-refractivity contribution in [2.75, 3.05) is 33.9 Å². The molecule has 47 heavy (non-hydrogen) atoms. The minimum absolute atomic E-state index is 0.186. The van der Waals surface area contributed by atoms with Crippen LogP contribution in [0, 0.1) is 5.92 Å². The van der Waals surface area contributed by atoms with Gasteiger partial charge in [-0.25, -0.2) is 13.1 Å². The number of rotatable bonds is 10. The standard InChI is InChI=1S/C35H36N4O5S3/c1-24-9-8-17-37(22-24)47(41,42)29-13-7-10-26(20-29)33-27(23-39(36-33)28-11-5-4-6-12-28)21-32-34(40)38(35(45)46-32)18-16-25-14-15-30(43-2)31(19-25)44-3/h4-7,10-15,19-21,23-24H,8-9,16-18,22H2,1-3H3. The number of amides is 1. The minimum Gasteiger partial charge on any atom is -0.493 e. The molecule has 4 aromatic rings. The fourth-order valence-electron chi connectivity index (χ4n) is 5.86. The van der Waals surface area contributed by atoms with E-state index in [0.29, 0.717) is 69.5 Å². The molecule has 9 nitrogen and oxygen atoms in total. The van der Waals surface area contributed by atoms with Gasteiger partial charge in [-0.2, -0.15) is 9.40 Å². The van der Waals surface area contributed by atoms with Crippen LogP contribution in [0.4, 0.5) is 0 Å². The smallest absolute Gasteiger partial charge is 0.266 e. The Kier molecular flexibility index (Phi) is 9.83. The predicted octanol–water partition coefficient (Wildman–Crippen LogP) is 6.42. The van der Waals surface area contributed by atoms with Gasteiger partial charge in [-0.1, -0.05) is 67.3 Å². The van der Waals surface area contributed by atoms with E-state index in [1.165, 1.54) is 11.8 Å². The Balaban J connectivity index is 1.31. The number of hydrogen-bond donors (Lipinski definition) is 0. The quantitative estimate of drug-likeness (QED) is 0.139. The number of piperidine rings is 1. The Bertz CT molecular complexity index is 1940. The van der Waals surface area contributed by atoms with Crippen LogP contribution in [0.15, 0.2) is 88.8 Å². The molecule has 1 unspecified atom stereocenters. The number of thiocarbonyl (C=S) groups is 1. The molecule has 0 aliphatic carbocycles. The van der Waals surface area contributed by atoms with Gasteiger partial charge in [-0.05, 0) is 73.2 Å². The van der Waals surface area contributed by atoms with Gasteiger partial charge in [-0.15, -0.1) is 0 Å². The third kappa shape index (κ3) is 7.01. The van der Waals surface area contributed by atoms with Crippen LogP contribution in [0.2, 0.25) is 0 Å². The number of ether oxygens (including phenoxy) is 2. The van der Waals surface area contributed by atoms with Crippen LogP contribution in [0.3, 0.4) is 0 Å². The first-order valence-electron chi connectivity index (χ1n) is 15.4. The molecule has 0 spiro atoms. The van der Waals surface area contributed by atoms with Crippen molar-refractivity contribution in [2.24, 2.45) is 5.92 Å². The number of hydrogen-bond acceptors (Lipinski definition) is 8. The van der Waals surface area contributed by atoms with Crippen LogP contribution in [0.25, 0.3) is 23.0 Å². The fraction of sp³-hybridized carbons (Fsp3) is 0.286. The molecule has 1 amide bonds. The molecule has 12 heteroatoms. The molecular formula is C35H36N4O5S3. The summed E-state index contributed by atoms with van der Waals surface area (Å²) in [6.45, 7) is 3.51. The lowest BCUT2D eigenvalue weighted by Gasteiger charge is -2.30. The molecule has 2 aliphatic heterocycles. The lowest BCUT2D eigenvalue weighted by Crippen LogP contribution is -2.39. The summed E-state index contributed by atoms with van der Waals surface area (Å²) in [6, 6.07) is 22.2. The van der Waals surface area contributed by atoms with Crippen molar-refractivity contribution >= 4 is 50.3 Å². The first-order valence-corrected chi connectivity index (χ1v) is 18.1. The van der Waals surface area contributed by atoms with Crippen molar-refractivity contribution < 1.29 is 22.7 Å². The maximum atomic E-state index is 13.7. The molecular weight excluding hydrogens is 653 g/mol. The number of carbonyl (C=O) groups excluding carboxylic acids is 1. The number of nitrogens with zero attached hydrogens (tertiary/aromatic N) is 4. The molecule has 244 valence electrons. The van der Waals surface area contributed by atoms with Crippen molar-refractivity contribution in [3.63, 3.8) is 0 Å². The number of para-hydroxylation sites is 1. The highest BCUT2D eigenvalue weighted by Crippen LogP contribution is 2.36. The molecule has 1 aromatic heterocycles. The van der Waals surface area contributed by atoms with E-state index in [9.17, 15) is 13.2 Å². The Morgan fingerprint density at radius 2 is 1.81 bits per heavy atom. The van der Waals surface area contributed by atoms with Crippen LogP contribution in [0.1, 0.15) is 30.9 Å². The zero-order chi connectivity index (χ0) is 33.1. The topological polar surface area (TPSA) is 94.0 Å². The molecule has 2 fully saturated rings. The molecule has 2 saturated heterocycles. The Hall–Kier alpha value is -3.97. The third-order valence-corrected chi connectivity index (χ3v) is 11.6. The summed E-state index contributed by atoms with van der Waals surface area (Å²) in [7, 11) is -0.500. The second-order valence-electron chi connectivity index (χ2n) is 11.6. The molecule has 0 saturated carbocycles. The second-order valence-corrected chi connectivity index (χ2v) is 15.2. The van der Waals surface area contributed by atoms with Crippen molar-refractivity contribution in [1.82, 2.24) is 19.0 Å². The number of sulfonamides is 1. The maximum absolute atomic E-state index is 13.7. The second kappa shape index (κ2) is 14.0. The van der Waals surface area contributed by atoms with Crippen molar-refractivity contribution in [3.05, 3.63) is 95.0 Å². The van der Waals surface area contributed by atoms with Gasteiger partial charge < -0.3 is 9.47 Å². The zero-order valence-corrected chi connectivity index (χ0v) is 28.9. The monoisotopic (exact) mass is 688 g/mol. The van der Waals surface area contributed by atoms with Gasteiger partial charge in [0.25, 0.3) is 5.91 Å². The summed E-state index contributed by atoms with van der Waals surface area (Å²) in [6.07, 6.45) is 6.10. The summed E-state index contributed by atoms with van der Waals surface area (Å²) < 4.78 is 41.9. The Morgan fingerprint density at radius 1 is 1.02 bits per heavy atom. The predicted molar refractivity (Wildman–Crippen MR) is 189 cm³/mol. The Labute approximate surface area is 285 Å². The highest BCUT2D eigenvalue weighted by molar-refractivity contribution is 8.26. The van der Waals surface area contributed by atoms with E-state index >= 15 is 0 Å². The Morgan fingerprint density at radius 3 is 2.55 bits per heavy atom. The average Bonchev–Trinajstić information content (AvgIpc) is 3.63. The summed E-state index contributed by atoms with van der Waals surface area (Å²) in [4.78, 5) is 16.0. The molecule has 0 radical (unpaired) electrons. The van der Waals surface area contributed by atoms with E-state index < -0.39 is 10.0 Å². The fourth-order valence-corrected chi connectivity index (χ4v) is 8.80. The molecule has 3 heterocycles. The molecule has 0 bridgehead atoms. The lowest BCUT2D eigenvalue weighted by molar-refractivity contribution is -0.122. The van der Waals surface area contributed by atoms with Crippen LogP contribution in [-0.4, -0.2) is 71.5 Å². The largest absolute Gasteiger partial charge is 0.493 e. The highest BCUT2D eigenvalue weighted by atomic mass is 32.2. The van der Waals surface area contributed by atoms with E-state index in [0.717, 1.165) is 24.1 Å². The van der Waals surface area contributed by atoms with E-state index in [1.807, 2.05) is 60.8 Å². The first kappa shape index (κ1) is 33.0. The van der Waals surface area contributed by atoms with Crippen LogP contribution in [-0.2, 0) is 21.2 Å². The lowest BCUT2D eigenvalue weighted by atomic mass is 10.0. The number of thioether (sulfide) groups is 1. The van der Waals surface area contributed by atoms with Gasteiger partial charge in [0.05, 0.1) is 29.7 Å². The van der Waals surface area contributed by atoms with Crippen molar-refractivity contribution in [1.29, 1.82) is 0 Å². The number of benzene rings is 3. The summed E-state index contributed by atoms with van der Waals surface area (Å²) >= 11 is 6.89. The molecule has 3 aromatic carbocycles. The minimum atomic E-state index is -3.68. The van der Waals surface area contributed by atoms with Crippen molar-refractivity contribution in [2.45, 2.75) is 31.1 Å². The van der Waals surface area contributed by atoms with E-state index in [-0.39, 0.29) is 10.8 Å². The van der Waals surface area contributed by atoms with E-state index in [1.54, 1.807) is 52.4 Å². The number of methoxy groups -OCH3 is 2. The third-order valence-electron chi connectivity index (χ3n) is 8.36. The van der Waals surface area contributed by atoms with Crippen LogP contribution < -0.4 is 9.47 Å². The summed E-state index contributed by atoms with van der Waals surface area (Å²) in [5, 5.41) is 4.88. The SMILES string of the molecule is COc1ccc(CCN2C(=O)C(=Cc3cn(-c4ccccc4)nc3-c3cccc(S(=O)(=O)N4CCCC(C)C4)c3)SC2=S)cc1OC. The van der Waals surface area contributed by atoms with Crippen LogP contribution in [0.5, 0.6) is 11.5 Å². The van der Waals surface area contributed by atoms with Crippen molar-refractivity contribution in [3.8, 4) is 28.4 Å². The summed E-state index contributed by atoms with van der Waals surface area (Å²) in [5.74, 6) is 1.39. The van der Waals surface area contributed by atoms with Gasteiger partial charge in [0.1, 0.15) is 10.0 Å². The van der Waals surface area contributed by atoms with E-state index in [4.69, 9.17) is 26.8 Å². The maximum Gasteiger partial charge on any atom is 0.266 e. The molecule has 6 rings (SSSR count). The average molecular weight is 689 g/mol. The van der Waals surface area contributed by atoms with Gasteiger partial charge in [0, 0.05) is 37.0 Å². The van der Waals surface area contributed by atoms with Gasteiger partial charge in [0.2, 0.25) is 10.0 Å². The normalized spacial score (nSPS) is 18.2. The zero-order valence-electron chi connectivity index (χ0n) is 26.5. The highest BCUT2D eigenvalue weighted by Gasteiger charge is 2.33. The van der Waals surface area contributed by atoms with Gasteiger partial charge >= 0.3 is 0 Å². The van der Waals surface area contributed by atoms with Crippen LogP contribution >= 0.6 is 24.0 Å². The number of aromatic nitrogens is 2. The first-order chi connectivity index (χ1) is 22.7. The van der Waals surface area contributed by atoms with Gasteiger partial charge in [0.15, 0.2) is 11.5 Å². The van der Waals surface area contributed by atoms with E-state index in [2.05, 4.69) is 6.92 Å². The molecule has 0 N–H and O–H groups in total. The summed E-state index contributed by atoms with van der Waals surface area (Å²) in [5.41, 5.74) is 3.70.